The van der Waals surface area contributed by atoms with Crippen LogP contribution >= 0.6 is 0 Å². The third kappa shape index (κ3) is 5.27. The summed E-state index contributed by atoms with van der Waals surface area (Å²) in [5.74, 6) is -1.19. The van der Waals surface area contributed by atoms with Crippen LogP contribution in [0.25, 0.3) is 0 Å². The highest BCUT2D eigenvalue weighted by molar-refractivity contribution is 7.89. The maximum atomic E-state index is 13.2. The molecule has 9 heteroatoms. The predicted molar refractivity (Wildman–Crippen MR) is 121 cm³/mol. The van der Waals surface area contributed by atoms with Gasteiger partial charge in [-0.05, 0) is 54.1 Å². The highest BCUT2D eigenvalue weighted by Crippen LogP contribution is 2.26. The monoisotopic (exact) mass is 471 g/mol. The summed E-state index contributed by atoms with van der Waals surface area (Å²) in [6.45, 7) is 1.04. The fraction of sp³-hybridized carbons (Fsp3) is 0.208. The van der Waals surface area contributed by atoms with Crippen LogP contribution < -0.4 is 5.32 Å². The molecule has 0 aromatic heterocycles. The lowest BCUT2D eigenvalue weighted by molar-refractivity contribution is -0.122. The van der Waals surface area contributed by atoms with Crippen molar-refractivity contribution in [3.8, 4) is 0 Å². The predicted octanol–water partition coefficient (Wildman–Crippen LogP) is 3.65. The minimum atomic E-state index is -3.76. The molecule has 0 saturated carbocycles. The SMILES string of the molecule is O=C(Nc1ccc(F)cc1)[C@@H](c1ccccc1)N1CCN(S(=O)(=O)c2ccc(F)cc2)CC1. The van der Waals surface area contributed by atoms with Crippen LogP contribution in [-0.4, -0.2) is 49.7 Å². The van der Waals surface area contributed by atoms with Gasteiger partial charge in [0.25, 0.3) is 0 Å². The molecule has 33 heavy (non-hydrogen) atoms. The zero-order chi connectivity index (χ0) is 23.4. The molecule has 1 aliphatic rings. The summed E-state index contributed by atoms with van der Waals surface area (Å²) in [5.41, 5.74) is 1.24. The van der Waals surface area contributed by atoms with Crippen LogP contribution in [0.2, 0.25) is 0 Å². The Kier molecular flexibility index (Phi) is 6.83. The number of benzene rings is 3. The van der Waals surface area contributed by atoms with Gasteiger partial charge in [-0.3, -0.25) is 9.69 Å². The van der Waals surface area contributed by atoms with Crippen molar-refractivity contribution in [3.05, 3.63) is 96.1 Å². The Labute approximate surface area is 191 Å². The Balaban J connectivity index is 1.51. The first-order valence-corrected chi connectivity index (χ1v) is 11.9. The molecule has 0 spiro atoms. The van der Waals surface area contributed by atoms with E-state index in [0.717, 1.165) is 17.7 Å². The number of nitrogens with one attached hydrogen (secondary N) is 1. The Hall–Kier alpha value is -3.14. The van der Waals surface area contributed by atoms with Crippen LogP contribution in [0.5, 0.6) is 0 Å². The third-order valence-corrected chi connectivity index (χ3v) is 7.48. The van der Waals surface area contributed by atoms with Crippen molar-refractivity contribution in [2.24, 2.45) is 0 Å². The Morgan fingerprint density at radius 3 is 1.91 bits per heavy atom. The molecule has 4 rings (SSSR count). The number of hydrogen-bond donors (Lipinski definition) is 1. The number of nitrogens with zero attached hydrogens (tertiary/aromatic N) is 2. The molecule has 0 radical (unpaired) electrons. The van der Waals surface area contributed by atoms with E-state index < -0.39 is 27.7 Å². The minimum absolute atomic E-state index is 0.0333. The summed E-state index contributed by atoms with van der Waals surface area (Å²) in [4.78, 5) is 15.2. The molecule has 1 N–H and O–H groups in total. The number of rotatable bonds is 6. The fourth-order valence-corrected chi connectivity index (χ4v) is 5.29. The minimum Gasteiger partial charge on any atom is -0.324 e. The zero-order valence-corrected chi connectivity index (χ0v) is 18.5. The first-order valence-electron chi connectivity index (χ1n) is 10.5. The lowest BCUT2D eigenvalue weighted by Gasteiger charge is -2.38. The first kappa shape index (κ1) is 23.0. The van der Waals surface area contributed by atoms with Gasteiger partial charge in [-0.15, -0.1) is 0 Å². The van der Waals surface area contributed by atoms with Gasteiger partial charge < -0.3 is 5.32 Å². The number of amides is 1. The molecule has 1 fully saturated rings. The van der Waals surface area contributed by atoms with Gasteiger partial charge in [0.2, 0.25) is 15.9 Å². The average molecular weight is 472 g/mol. The van der Waals surface area contributed by atoms with Crippen LogP contribution in [0.15, 0.2) is 83.8 Å². The molecule has 0 aliphatic carbocycles. The number of anilines is 1. The van der Waals surface area contributed by atoms with E-state index in [2.05, 4.69) is 5.32 Å². The molecule has 3 aromatic rings. The fourth-order valence-electron chi connectivity index (χ4n) is 3.86. The third-order valence-electron chi connectivity index (χ3n) is 5.57. The van der Waals surface area contributed by atoms with Crippen molar-refractivity contribution in [3.63, 3.8) is 0 Å². The van der Waals surface area contributed by atoms with Crippen LogP contribution in [0.4, 0.5) is 14.5 Å². The van der Waals surface area contributed by atoms with Gasteiger partial charge in [-0.25, -0.2) is 17.2 Å². The number of carbonyl (C=O) groups is 1. The Morgan fingerprint density at radius 2 is 1.33 bits per heavy atom. The second-order valence-corrected chi connectivity index (χ2v) is 9.64. The van der Waals surface area contributed by atoms with Gasteiger partial charge in [-0.1, -0.05) is 30.3 Å². The summed E-state index contributed by atoms with van der Waals surface area (Å²) in [6.07, 6.45) is 0. The molecule has 1 amide bonds. The van der Waals surface area contributed by atoms with Gasteiger partial charge in [-0.2, -0.15) is 4.31 Å². The maximum absolute atomic E-state index is 13.2. The largest absolute Gasteiger partial charge is 0.324 e. The molecule has 172 valence electrons. The van der Waals surface area contributed by atoms with E-state index in [9.17, 15) is 22.0 Å². The van der Waals surface area contributed by atoms with Gasteiger partial charge in [0.05, 0.1) is 4.90 Å². The van der Waals surface area contributed by atoms with E-state index >= 15 is 0 Å². The van der Waals surface area contributed by atoms with Crippen molar-refractivity contribution in [2.45, 2.75) is 10.9 Å². The molecule has 0 bridgehead atoms. The molecular weight excluding hydrogens is 448 g/mol. The average Bonchev–Trinajstić information content (AvgIpc) is 2.82. The van der Waals surface area contributed by atoms with E-state index in [4.69, 9.17) is 0 Å². The quantitative estimate of drug-likeness (QED) is 0.596. The normalized spacial score (nSPS) is 16.3. The van der Waals surface area contributed by atoms with Crippen molar-refractivity contribution in [2.75, 3.05) is 31.5 Å². The van der Waals surface area contributed by atoms with Crippen molar-refractivity contribution in [1.29, 1.82) is 0 Å². The number of halogens is 2. The molecule has 1 atom stereocenters. The Morgan fingerprint density at radius 1 is 0.788 bits per heavy atom. The maximum Gasteiger partial charge on any atom is 0.246 e. The topological polar surface area (TPSA) is 69.7 Å². The Bertz CT molecular complexity index is 1200. The van der Waals surface area contributed by atoms with Gasteiger partial charge in [0.1, 0.15) is 17.7 Å². The highest BCUT2D eigenvalue weighted by Gasteiger charge is 2.34. The lowest BCUT2D eigenvalue weighted by Crippen LogP contribution is -2.51. The molecular formula is C24H23F2N3O3S. The molecule has 6 nitrogen and oxygen atoms in total. The lowest BCUT2D eigenvalue weighted by atomic mass is 10.0. The van der Waals surface area contributed by atoms with Crippen LogP contribution in [0.3, 0.4) is 0 Å². The summed E-state index contributed by atoms with van der Waals surface area (Å²) >= 11 is 0. The summed E-state index contributed by atoms with van der Waals surface area (Å²) < 4.78 is 53.6. The van der Waals surface area contributed by atoms with E-state index in [-0.39, 0.29) is 23.9 Å². The van der Waals surface area contributed by atoms with Crippen LogP contribution in [0.1, 0.15) is 11.6 Å². The van der Waals surface area contributed by atoms with E-state index in [1.807, 2.05) is 35.2 Å². The van der Waals surface area contributed by atoms with Crippen molar-refractivity contribution >= 4 is 21.6 Å². The van der Waals surface area contributed by atoms with E-state index in [1.54, 1.807) is 0 Å². The number of sulfonamides is 1. The molecule has 0 unspecified atom stereocenters. The number of hydrogen-bond acceptors (Lipinski definition) is 4. The van der Waals surface area contributed by atoms with Crippen LogP contribution in [0, 0.1) is 11.6 Å². The standard InChI is InChI=1S/C24H23F2N3O3S/c25-19-6-10-21(11-7-19)27-24(30)23(18-4-2-1-3-5-18)28-14-16-29(17-15-28)33(31,32)22-12-8-20(26)9-13-22/h1-13,23H,14-17H2,(H,27,30)/t23-/m1/s1. The number of piperazine rings is 1. The van der Waals surface area contributed by atoms with Gasteiger partial charge >= 0.3 is 0 Å². The first-order chi connectivity index (χ1) is 15.8. The van der Waals surface area contributed by atoms with E-state index in [1.165, 1.54) is 40.7 Å². The summed E-state index contributed by atoms with van der Waals surface area (Å²) in [6, 6.07) is 18.8. The summed E-state index contributed by atoms with van der Waals surface area (Å²) in [7, 11) is -3.76. The molecule has 3 aromatic carbocycles. The van der Waals surface area contributed by atoms with E-state index in [0.29, 0.717) is 18.8 Å². The molecule has 1 saturated heterocycles. The van der Waals surface area contributed by atoms with Crippen molar-refractivity contribution in [1.82, 2.24) is 9.21 Å². The number of carbonyl (C=O) groups excluding carboxylic acids is 1. The van der Waals surface area contributed by atoms with Gasteiger partial charge in [0.15, 0.2) is 0 Å². The summed E-state index contributed by atoms with van der Waals surface area (Å²) in [5, 5.41) is 2.82. The highest BCUT2D eigenvalue weighted by atomic mass is 32.2. The van der Waals surface area contributed by atoms with Crippen molar-refractivity contribution < 1.29 is 22.0 Å². The van der Waals surface area contributed by atoms with Crippen LogP contribution in [-0.2, 0) is 14.8 Å². The zero-order valence-electron chi connectivity index (χ0n) is 17.7. The second kappa shape index (κ2) is 9.78. The molecule has 1 heterocycles. The second-order valence-electron chi connectivity index (χ2n) is 7.70. The van der Waals surface area contributed by atoms with Gasteiger partial charge in [0, 0.05) is 31.9 Å². The smallest absolute Gasteiger partial charge is 0.246 e. The molecule has 1 aliphatic heterocycles.